The Bertz CT molecular complexity index is 223. The van der Waals surface area contributed by atoms with Crippen LogP contribution >= 0.6 is 0 Å². The molecule has 0 aliphatic carbocycles. The lowest BCUT2D eigenvalue weighted by molar-refractivity contribution is -0.277. The summed E-state index contributed by atoms with van der Waals surface area (Å²) >= 11 is 0. The van der Waals surface area contributed by atoms with Crippen molar-refractivity contribution in [3.63, 3.8) is 0 Å². The fourth-order valence-corrected chi connectivity index (χ4v) is 3.58. The summed E-state index contributed by atoms with van der Waals surface area (Å²) in [6.07, 6.45) is 6.68. The Hall–Kier alpha value is -0.0800. The van der Waals surface area contributed by atoms with E-state index in [1.807, 2.05) is 0 Å². The molecule has 0 radical (unpaired) electrons. The largest absolute Gasteiger partial charge is 0.313 e. The van der Waals surface area contributed by atoms with Crippen molar-refractivity contribution in [2.45, 2.75) is 84.2 Å². The topological polar surface area (TPSA) is 23.5 Å². The number of hydroxylamine groups is 2. The highest BCUT2D eigenvalue weighted by atomic mass is 16.5. The van der Waals surface area contributed by atoms with Gasteiger partial charge in [-0.1, -0.05) is 34.6 Å². The van der Waals surface area contributed by atoms with Gasteiger partial charge in [0, 0.05) is 11.1 Å². The van der Waals surface area contributed by atoms with E-state index in [2.05, 4.69) is 34.6 Å². The molecule has 1 aliphatic rings. The van der Waals surface area contributed by atoms with Crippen LogP contribution in [-0.4, -0.2) is 21.3 Å². The molecule has 1 atom stereocenters. The normalized spacial score (nSPS) is 30.9. The van der Waals surface area contributed by atoms with Crippen LogP contribution in [-0.2, 0) is 0 Å². The van der Waals surface area contributed by atoms with E-state index < -0.39 is 0 Å². The lowest BCUT2D eigenvalue weighted by atomic mass is 9.70. The van der Waals surface area contributed by atoms with Gasteiger partial charge in [0.15, 0.2) is 0 Å². The number of nitrogens with zero attached hydrogens (tertiary/aromatic N) is 1. The van der Waals surface area contributed by atoms with E-state index in [-0.39, 0.29) is 11.1 Å². The summed E-state index contributed by atoms with van der Waals surface area (Å²) in [5.74, 6) is 0.514. The quantitative estimate of drug-likeness (QED) is 0.777. The minimum absolute atomic E-state index is 0.00424. The van der Waals surface area contributed by atoms with Gasteiger partial charge in [-0.25, -0.2) is 0 Å². The number of rotatable bonds is 4. The molecule has 0 aromatic rings. The van der Waals surface area contributed by atoms with Crippen LogP contribution in [0.25, 0.3) is 0 Å². The summed E-state index contributed by atoms with van der Waals surface area (Å²) in [6.45, 7) is 11.1. The van der Waals surface area contributed by atoms with Crippen molar-refractivity contribution in [1.29, 1.82) is 0 Å². The Morgan fingerprint density at radius 1 is 1.06 bits per heavy atom. The molecule has 1 rings (SSSR count). The molecular weight excluding hydrogens is 198 g/mol. The Kier molecular flexibility index (Phi) is 4.42. The molecule has 0 aromatic carbocycles. The molecule has 1 saturated heterocycles. The molecule has 1 unspecified atom stereocenters. The maximum absolute atomic E-state index is 10.7. The maximum Gasteiger partial charge on any atom is 0.0487 e. The van der Waals surface area contributed by atoms with Crippen LogP contribution in [0.3, 0.4) is 0 Å². The third-order valence-electron chi connectivity index (χ3n) is 5.13. The van der Waals surface area contributed by atoms with E-state index in [4.69, 9.17) is 0 Å². The standard InChI is InChI=1S/C14H29NO/c1-6-13(7-2)10-9-11-14(8-3,12(4)5)15(13)16/h12,16H,6-11H2,1-5H3. The second-order valence-electron chi connectivity index (χ2n) is 5.71. The van der Waals surface area contributed by atoms with Crippen LogP contribution in [0.15, 0.2) is 0 Å². The van der Waals surface area contributed by atoms with Gasteiger partial charge in [-0.3, -0.25) is 0 Å². The van der Waals surface area contributed by atoms with Gasteiger partial charge in [0.2, 0.25) is 0 Å². The van der Waals surface area contributed by atoms with Crippen molar-refractivity contribution in [2.24, 2.45) is 5.92 Å². The van der Waals surface area contributed by atoms with Crippen LogP contribution in [0.5, 0.6) is 0 Å². The fourth-order valence-electron chi connectivity index (χ4n) is 3.58. The van der Waals surface area contributed by atoms with Gasteiger partial charge in [-0.2, -0.15) is 5.06 Å². The van der Waals surface area contributed by atoms with E-state index in [9.17, 15) is 5.21 Å². The van der Waals surface area contributed by atoms with Gasteiger partial charge in [0.25, 0.3) is 0 Å². The Labute approximate surface area is 101 Å². The molecule has 0 amide bonds. The number of piperidine rings is 1. The zero-order valence-electron chi connectivity index (χ0n) is 11.7. The number of hydrogen-bond donors (Lipinski definition) is 1. The minimum atomic E-state index is 0.00424. The Balaban J connectivity index is 3.05. The smallest absolute Gasteiger partial charge is 0.0487 e. The van der Waals surface area contributed by atoms with Gasteiger partial charge in [-0.15, -0.1) is 0 Å². The molecule has 0 spiro atoms. The molecule has 96 valence electrons. The number of hydrogen-bond acceptors (Lipinski definition) is 2. The predicted octanol–water partition coefficient (Wildman–Crippen LogP) is 4.23. The van der Waals surface area contributed by atoms with Crippen LogP contribution < -0.4 is 0 Å². The summed E-state index contributed by atoms with van der Waals surface area (Å²) in [6, 6.07) is 0. The van der Waals surface area contributed by atoms with Crippen molar-refractivity contribution in [1.82, 2.24) is 5.06 Å². The third kappa shape index (κ3) is 1.91. The van der Waals surface area contributed by atoms with Crippen molar-refractivity contribution in [2.75, 3.05) is 0 Å². The maximum atomic E-state index is 10.7. The predicted molar refractivity (Wildman–Crippen MR) is 68.6 cm³/mol. The summed E-state index contributed by atoms with van der Waals surface area (Å²) < 4.78 is 0. The van der Waals surface area contributed by atoms with Crippen LogP contribution in [0.2, 0.25) is 0 Å². The monoisotopic (exact) mass is 227 g/mol. The van der Waals surface area contributed by atoms with E-state index >= 15 is 0 Å². The molecule has 1 aliphatic heterocycles. The summed E-state index contributed by atoms with van der Waals surface area (Å²) in [5.41, 5.74) is 0.0306. The summed E-state index contributed by atoms with van der Waals surface area (Å²) in [5, 5.41) is 12.5. The zero-order chi connectivity index (χ0) is 12.4. The minimum Gasteiger partial charge on any atom is -0.313 e. The molecule has 0 bridgehead atoms. The highest BCUT2D eigenvalue weighted by Crippen LogP contribution is 2.46. The molecule has 1 heterocycles. The first-order valence-electron chi connectivity index (χ1n) is 6.98. The summed E-state index contributed by atoms with van der Waals surface area (Å²) in [4.78, 5) is 0. The van der Waals surface area contributed by atoms with Gasteiger partial charge in [-0.05, 0) is 44.4 Å². The highest BCUT2D eigenvalue weighted by Gasteiger charge is 2.50. The van der Waals surface area contributed by atoms with Crippen LogP contribution in [0.1, 0.15) is 73.1 Å². The molecule has 0 aromatic heterocycles. The Morgan fingerprint density at radius 3 is 2.00 bits per heavy atom. The second kappa shape index (κ2) is 5.05. The third-order valence-corrected chi connectivity index (χ3v) is 5.13. The molecule has 0 saturated carbocycles. The fraction of sp³-hybridized carbons (Fsp3) is 1.00. The van der Waals surface area contributed by atoms with E-state index in [0.29, 0.717) is 5.92 Å². The Morgan fingerprint density at radius 2 is 1.62 bits per heavy atom. The molecule has 16 heavy (non-hydrogen) atoms. The van der Waals surface area contributed by atoms with Gasteiger partial charge in [0.05, 0.1) is 0 Å². The van der Waals surface area contributed by atoms with Crippen molar-refractivity contribution in [3.05, 3.63) is 0 Å². The zero-order valence-corrected chi connectivity index (χ0v) is 11.7. The second-order valence-corrected chi connectivity index (χ2v) is 5.71. The van der Waals surface area contributed by atoms with Crippen molar-refractivity contribution >= 4 is 0 Å². The molecule has 1 N–H and O–H groups in total. The molecule has 1 fully saturated rings. The average molecular weight is 227 g/mol. The van der Waals surface area contributed by atoms with Gasteiger partial charge >= 0.3 is 0 Å². The first kappa shape index (κ1) is 14.0. The van der Waals surface area contributed by atoms with E-state index in [1.54, 1.807) is 5.06 Å². The van der Waals surface area contributed by atoms with E-state index in [0.717, 1.165) is 32.1 Å². The highest BCUT2D eigenvalue weighted by molar-refractivity contribution is 5.01. The van der Waals surface area contributed by atoms with Crippen LogP contribution in [0, 0.1) is 5.92 Å². The SMILES string of the molecule is CCC1(CC)CCCC(CC)(C(C)C)N1O. The van der Waals surface area contributed by atoms with Gasteiger partial charge in [0.1, 0.15) is 0 Å². The average Bonchev–Trinajstić information content (AvgIpc) is 2.30. The van der Waals surface area contributed by atoms with Crippen LogP contribution in [0.4, 0.5) is 0 Å². The lowest BCUT2D eigenvalue weighted by Gasteiger charge is -2.56. The summed E-state index contributed by atoms with van der Waals surface area (Å²) in [7, 11) is 0. The molecule has 2 nitrogen and oxygen atoms in total. The lowest BCUT2D eigenvalue weighted by Crippen LogP contribution is -2.63. The van der Waals surface area contributed by atoms with Gasteiger partial charge < -0.3 is 5.21 Å². The molecular formula is C14H29NO. The molecule has 2 heteroatoms. The first-order chi connectivity index (χ1) is 7.49. The van der Waals surface area contributed by atoms with Crippen molar-refractivity contribution < 1.29 is 5.21 Å². The first-order valence-corrected chi connectivity index (χ1v) is 6.98. The van der Waals surface area contributed by atoms with E-state index in [1.165, 1.54) is 6.42 Å². The van der Waals surface area contributed by atoms with Crippen molar-refractivity contribution in [3.8, 4) is 0 Å².